The van der Waals surface area contributed by atoms with Crippen molar-refractivity contribution in [2.75, 3.05) is 5.32 Å². The highest BCUT2D eigenvalue weighted by Crippen LogP contribution is 2.39. The van der Waals surface area contributed by atoms with Crippen molar-refractivity contribution < 1.29 is 4.42 Å². The fraction of sp³-hybridized carbons (Fsp3) is 0. The van der Waals surface area contributed by atoms with Gasteiger partial charge in [0.05, 0.1) is 5.69 Å². The number of anilines is 2. The molecule has 0 bridgehead atoms. The average Bonchev–Trinajstić information content (AvgIpc) is 3.33. The molecule has 0 aliphatic rings. The topological polar surface area (TPSA) is 25.2 Å². The van der Waals surface area contributed by atoms with Crippen LogP contribution in [0.4, 0.5) is 11.4 Å². The number of hydrogen-bond acceptors (Lipinski definition) is 2. The summed E-state index contributed by atoms with van der Waals surface area (Å²) in [6.07, 6.45) is 0. The zero-order chi connectivity index (χ0) is 23.9. The molecule has 7 aromatic rings. The van der Waals surface area contributed by atoms with Crippen molar-refractivity contribution in [3.8, 4) is 22.3 Å². The summed E-state index contributed by atoms with van der Waals surface area (Å²) in [4.78, 5) is 0. The first kappa shape index (κ1) is 20.5. The van der Waals surface area contributed by atoms with Gasteiger partial charge in [-0.15, -0.1) is 0 Å². The number of benzene rings is 6. The zero-order valence-electron chi connectivity index (χ0n) is 19.6. The van der Waals surface area contributed by atoms with E-state index in [2.05, 4.69) is 121 Å². The first-order valence-corrected chi connectivity index (χ1v) is 12.2. The summed E-state index contributed by atoms with van der Waals surface area (Å²) in [6, 6.07) is 46.7. The van der Waals surface area contributed by atoms with Gasteiger partial charge in [0.1, 0.15) is 11.2 Å². The summed E-state index contributed by atoms with van der Waals surface area (Å²) in [5.41, 5.74) is 8.75. The molecule has 0 aliphatic carbocycles. The Hall–Kier alpha value is -4.82. The van der Waals surface area contributed by atoms with Crippen LogP contribution >= 0.6 is 0 Å². The van der Waals surface area contributed by atoms with Gasteiger partial charge in [0.15, 0.2) is 0 Å². The van der Waals surface area contributed by atoms with Gasteiger partial charge < -0.3 is 9.73 Å². The van der Waals surface area contributed by atoms with Gasteiger partial charge in [-0.1, -0.05) is 109 Å². The van der Waals surface area contributed by atoms with E-state index in [9.17, 15) is 0 Å². The fourth-order valence-electron chi connectivity index (χ4n) is 5.08. The molecule has 6 aromatic carbocycles. The molecule has 0 radical (unpaired) electrons. The van der Waals surface area contributed by atoms with Gasteiger partial charge in [0, 0.05) is 27.9 Å². The summed E-state index contributed by atoms with van der Waals surface area (Å²) in [5, 5.41) is 8.32. The Bertz CT molecular complexity index is 1830. The molecule has 1 heterocycles. The largest absolute Gasteiger partial charge is 0.456 e. The van der Waals surface area contributed by atoms with E-state index in [1.54, 1.807) is 0 Å². The third-order valence-electron chi connectivity index (χ3n) is 6.87. The fourth-order valence-corrected chi connectivity index (χ4v) is 5.08. The molecule has 0 aliphatic heterocycles. The SMILES string of the molecule is c1ccc(-c2ccc(-c3ccc(Nc4cc5oc6ccccc6c5c5ccccc45)cc3)cc2)cc1. The zero-order valence-corrected chi connectivity index (χ0v) is 19.6. The Kier molecular flexibility index (Phi) is 4.82. The minimum atomic E-state index is 0.896. The standard InChI is InChI=1S/C34H23NO/c1-2-8-23(9-3-1)24-14-16-25(17-15-24)26-18-20-27(21-19-26)35-31-22-33-34(29-11-5-4-10-28(29)31)30-12-6-7-13-32(30)36-33/h1-22,35H. The second-order valence-corrected chi connectivity index (χ2v) is 9.09. The number of furan rings is 1. The molecule has 0 unspecified atom stereocenters. The van der Waals surface area contributed by atoms with Crippen molar-refractivity contribution >= 4 is 44.1 Å². The molecule has 0 saturated heterocycles. The molecule has 0 amide bonds. The molecule has 0 fully saturated rings. The van der Waals surface area contributed by atoms with Crippen molar-refractivity contribution in [2.24, 2.45) is 0 Å². The van der Waals surface area contributed by atoms with Crippen LogP contribution in [0.25, 0.3) is 55.0 Å². The smallest absolute Gasteiger partial charge is 0.138 e. The molecule has 0 saturated carbocycles. The van der Waals surface area contributed by atoms with E-state index in [-0.39, 0.29) is 0 Å². The van der Waals surface area contributed by atoms with E-state index < -0.39 is 0 Å². The lowest BCUT2D eigenvalue weighted by Gasteiger charge is -2.12. The maximum atomic E-state index is 6.22. The van der Waals surface area contributed by atoms with Crippen molar-refractivity contribution in [1.82, 2.24) is 0 Å². The predicted molar refractivity (Wildman–Crippen MR) is 152 cm³/mol. The third-order valence-corrected chi connectivity index (χ3v) is 6.87. The van der Waals surface area contributed by atoms with Gasteiger partial charge in [-0.25, -0.2) is 0 Å². The first-order chi connectivity index (χ1) is 17.8. The number of nitrogens with one attached hydrogen (secondary N) is 1. The molecular weight excluding hydrogens is 438 g/mol. The molecule has 36 heavy (non-hydrogen) atoms. The van der Waals surface area contributed by atoms with Crippen LogP contribution in [0, 0.1) is 0 Å². The molecule has 7 rings (SSSR count). The van der Waals surface area contributed by atoms with Crippen LogP contribution in [-0.2, 0) is 0 Å². The third kappa shape index (κ3) is 3.52. The molecule has 2 nitrogen and oxygen atoms in total. The van der Waals surface area contributed by atoms with Crippen LogP contribution in [0.3, 0.4) is 0 Å². The van der Waals surface area contributed by atoms with Gasteiger partial charge in [-0.05, 0) is 45.8 Å². The molecule has 2 heteroatoms. The van der Waals surface area contributed by atoms with E-state index >= 15 is 0 Å². The second-order valence-electron chi connectivity index (χ2n) is 9.09. The number of hydrogen-bond donors (Lipinski definition) is 1. The molecule has 1 N–H and O–H groups in total. The minimum Gasteiger partial charge on any atom is -0.456 e. The summed E-state index contributed by atoms with van der Waals surface area (Å²) >= 11 is 0. The number of rotatable bonds is 4. The molecule has 0 spiro atoms. The van der Waals surface area contributed by atoms with Gasteiger partial charge in [-0.3, -0.25) is 0 Å². The van der Waals surface area contributed by atoms with Crippen LogP contribution in [0.5, 0.6) is 0 Å². The van der Waals surface area contributed by atoms with Gasteiger partial charge in [0.2, 0.25) is 0 Å². The van der Waals surface area contributed by atoms with Crippen molar-refractivity contribution in [3.63, 3.8) is 0 Å². The lowest BCUT2D eigenvalue weighted by Crippen LogP contribution is -1.92. The van der Waals surface area contributed by atoms with Gasteiger partial charge in [-0.2, -0.15) is 0 Å². The lowest BCUT2D eigenvalue weighted by molar-refractivity contribution is 0.669. The van der Waals surface area contributed by atoms with Crippen molar-refractivity contribution in [2.45, 2.75) is 0 Å². The Morgan fingerprint density at radius 1 is 0.417 bits per heavy atom. The summed E-state index contributed by atoms with van der Waals surface area (Å²) in [7, 11) is 0. The van der Waals surface area contributed by atoms with Crippen LogP contribution < -0.4 is 5.32 Å². The highest BCUT2D eigenvalue weighted by atomic mass is 16.3. The van der Waals surface area contributed by atoms with Crippen LogP contribution in [-0.4, -0.2) is 0 Å². The van der Waals surface area contributed by atoms with Gasteiger partial charge in [0.25, 0.3) is 0 Å². The maximum Gasteiger partial charge on any atom is 0.138 e. The lowest BCUT2D eigenvalue weighted by atomic mass is 10.00. The molecule has 170 valence electrons. The highest BCUT2D eigenvalue weighted by Gasteiger charge is 2.13. The Balaban J connectivity index is 1.22. The minimum absolute atomic E-state index is 0.896. The maximum absolute atomic E-state index is 6.22. The summed E-state index contributed by atoms with van der Waals surface area (Å²) in [5.74, 6) is 0. The van der Waals surface area contributed by atoms with E-state index in [1.165, 1.54) is 38.4 Å². The molecule has 1 aromatic heterocycles. The van der Waals surface area contributed by atoms with E-state index in [0.717, 1.165) is 27.9 Å². The van der Waals surface area contributed by atoms with Crippen LogP contribution in [0.2, 0.25) is 0 Å². The van der Waals surface area contributed by atoms with Gasteiger partial charge >= 0.3 is 0 Å². The van der Waals surface area contributed by atoms with Crippen LogP contribution in [0.15, 0.2) is 138 Å². The molecular formula is C34H23NO. The van der Waals surface area contributed by atoms with E-state index in [0.29, 0.717) is 0 Å². The Morgan fingerprint density at radius 2 is 0.944 bits per heavy atom. The van der Waals surface area contributed by atoms with Crippen LogP contribution in [0.1, 0.15) is 0 Å². The van der Waals surface area contributed by atoms with Crippen molar-refractivity contribution in [1.29, 1.82) is 0 Å². The molecule has 0 atom stereocenters. The van der Waals surface area contributed by atoms with Crippen molar-refractivity contribution in [3.05, 3.63) is 133 Å². The monoisotopic (exact) mass is 461 g/mol. The Labute approximate surface area is 209 Å². The highest BCUT2D eigenvalue weighted by molar-refractivity contribution is 6.21. The average molecular weight is 462 g/mol. The van der Waals surface area contributed by atoms with E-state index in [1.807, 2.05) is 18.2 Å². The quantitative estimate of drug-likeness (QED) is 0.282. The number of para-hydroxylation sites is 1. The summed E-state index contributed by atoms with van der Waals surface area (Å²) in [6.45, 7) is 0. The predicted octanol–water partition coefficient (Wildman–Crippen LogP) is 9.82. The van der Waals surface area contributed by atoms with E-state index in [4.69, 9.17) is 4.42 Å². The Morgan fingerprint density at radius 3 is 1.64 bits per heavy atom. The second kappa shape index (κ2) is 8.44. The first-order valence-electron chi connectivity index (χ1n) is 12.2. The summed E-state index contributed by atoms with van der Waals surface area (Å²) < 4.78 is 6.22. The normalized spacial score (nSPS) is 11.3. The number of fused-ring (bicyclic) bond motifs is 5.